The molecule has 0 bridgehead atoms. The molecule has 0 saturated heterocycles. The SMILES string of the molecule is [B]c1cn(-c2ccc(C)cc2)c(=O)c2ccc(O)cc12. The zero-order valence-corrected chi connectivity index (χ0v) is 11.0. The third-order valence-corrected chi connectivity index (χ3v) is 3.34. The van der Waals surface area contributed by atoms with Crippen LogP contribution in [-0.2, 0) is 0 Å². The molecular formula is C16H12BNO2. The van der Waals surface area contributed by atoms with Gasteiger partial charge in [-0.1, -0.05) is 23.2 Å². The van der Waals surface area contributed by atoms with Crippen molar-refractivity contribution in [2.45, 2.75) is 6.92 Å². The molecule has 3 aromatic rings. The number of nitrogens with zero attached hydrogens (tertiary/aromatic N) is 1. The van der Waals surface area contributed by atoms with Crippen LogP contribution in [0, 0.1) is 6.92 Å². The molecule has 4 heteroatoms. The Balaban J connectivity index is 2.33. The molecule has 0 saturated carbocycles. The lowest BCUT2D eigenvalue weighted by atomic mass is 9.92. The molecule has 3 rings (SSSR count). The van der Waals surface area contributed by atoms with Crippen molar-refractivity contribution < 1.29 is 5.11 Å². The molecule has 1 N–H and O–H groups in total. The molecule has 3 nitrogen and oxygen atoms in total. The molecular weight excluding hydrogens is 249 g/mol. The van der Waals surface area contributed by atoms with E-state index in [4.69, 9.17) is 7.85 Å². The summed E-state index contributed by atoms with van der Waals surface area (Å²) in [5.74, 6) is 0.0942. The lowest BCUT2D eigenvalue weighted by Gasteiger charge is -2.11. The van der Waals surface area contributed by atoms with E-state index in [0.29, 0.717) is 16.2 Å². The summed E-state index contributed by atoms with van der Waals surface area (Å²) in [5.41, 5.74) is 2.19. The predicted molar refractivity (Wildman–Crippen MR) is 81.3 cm³/mol. The van der Waals surface area contributed by atoms with Crippen LogP contribution in [0.4, 0.5) is 0 Å². The Bertz CT molecular complexity index is 851. The minimum absolute atomic E-state index is 0.0942. The van der Waals surface area contributed by atoms with Gasteiger partial charge < -0.3 is 5.11 Å². The maximum atomic E-state index is 12.5. The van der Waals surface area contributed by atoms with Crippen LogP contribution in [0.3, 0.4) is 0 Å². The number of benzene rings is 2. The molecule has 96 valence electrons. The Labute approximate surface area is 117 Å². The van der Waals surface area contributed by atoms with Gasteiger partial charge in [0.1, 0.15) is 13.6 Å². The average Bonchev–Trinajstić information content (AvgIpc) is 2.44. The number of phenols is 1. The normalized spacial score (nSPS) is 10.8. The molecule has 20 heavy (non-hydrogen) atoms. The van der Waals surface area contributed by atoms with Crippen molar-refractivity contribution in [1.29, 1.82) is 0 Å². The van der Waals surface area contributed by atoms with Crippen molar-refractivity contribution >= 4 is 24.1 Å². The van der Waals surface area contributed by atoms with E-state index in [2.05, 4.69) is 0 Å². The van der Waals surface area contributed by atoms with Gasteiger partial charge >= 0.3 is 0 Å². The summed E-state index contributed by atoms with van der Waals surface area (Å²) in [7, 11) is 5.99. The zero-order chi connectivity index (χ0) is 14.3. The van der Waals surface area contributed by atoms with Crippen LogP contribution in [0.1, 0.15) is 5.56 Å². The standard InChI is InChI=1S/C16H12BNO2/c1-10-2-4-11(5-3-10)18-9-15(17)14-8-12(19)6-7-13(14)16(18)20/h2-9,19H,1H3. The number of pyridine rings is 1. The van der Waals surface area contributed by atoms with Gasteiger partial charge in [-0.3, -0.25) is 9.36 Å². The van der Waals surface area contributed by atoms with Crippen molar-refractivity contribution in [3.8, 4) is 11.4 Å². The topological polar surface area (TPSA) is 42.2 Å². The van der Waals surface area contributed by atoms with Crippen molar-refractivity contribution in [2.24, 2.45) is 0 Å². The number of fused-ring (bicyclic) bond motifs is 1. The highest BCUT2D eigenvalue weighted by molar-refractivity contribution is 6.38. The number of aryl methyl sites for hydroxylation is 1. The molecule has 2 aromatic carbocycles. The molecule has 0 spiro atoms. The fraction of sp³-hybridized carbons (Fsp3) is 0.0625. The summed E-state index contributed by atoms with van der Waals surface area (Å²) in [6.45, 7) is 1.99. The number of hydrogen-bond acceptors (Lipinski definition) is 2. The average molecular weight is 261 g/mol. The van der Waals surface area contributed by atoms with E-state index in [1.807, 2.05) is 31.2 Å². The minimum Gasteiger partial charge on any atom is -0.508 e. The summed E-state index contributed by atoms with van der Waals surface area (Å²) in [5, 5.41) is 10.6. The smallest absolute Gasteiger partial charge is 0.262 e. The Hall–Kier alpha value is -2.49. The largest absolute Gasteiger partial charge is 0.508 e. The van der Waals surface area contributed by atoms with E-state index in [1.54, 1.807) is 12.3 Å². The van der Waals surface area contributed by atoms with E-state index < -0.39 is 0 Å². The van der Waals surface area contributed by atoms with E-state index in [0.717, 1.165) is 11.3 Å². The molecule has 0 atom stereocenters. The monoisotopic (exact) mass is 261 g/mol. The number of aromatic nitrogens is 1. The number of rotatable bonds is 1. The van der Waals surface area contributed by atoms with Gasteiger partial charge in [-0.15, -0.1) is 0 Å². The third-order valence-electron chi connectivity index (χ3n) is 3.34. The van der Waals surface area contributed by atoms with Crippen LogP contribution < -0.4 is 11.0 Å². The molecule has 0 aliphatic heterocycles. The summed E-state index contributed by atoms with van der Waals surface area (Å²) in [6, 6.07) is 12.2. The van der Waals surface area contributed by atoms with Gasteiger partial charge in [0.05, 0.1) is 0 Å². The number of phenolic OH excluding ortho intramolecular Hbond substituents is 1. The Morgan fingerprint density at radius 3 is 2.45 bits per heavy atom. The lowest BCUT2D eigenvalue weighted by Crippen LogP contribution is -2.24. The molecule has 1 heterocycles. The van der Waals surface area contributed by atoms with Crippen molar-refractivity contribution in [2.75, 3.05) is 0 Å². The molecule has 0 aliphatic carbocycles. The second kappa shape index (κ2) is 4.56. The first kappa shape index (κ1) is 12.5. The van der Waals surface area contributed by atoms with Gasteiger partial charge in [0.2, 0.25) is 0 Å². The highest BCUT2D eigenvalue weighted by atomic mass is 16.3. The van der Waals surface area contributed by atoms with Crippen LogP contribution >= 0.6 is 0 Å². The first-order valence-corrected chi connectivity index (χ1v) is 6.27. The van der Waals surface area contributed by atoms with Crippen LogP contribution in [0.5, 0.6) is 5.75 Å². The second-order valence-electron chi connectivity index (χ2n) is 4.83. The van der Waals surface area contributed by atoms with Crippen LogP contribution in [-0.4, -0.2) is 17.5 Å². The Morgan fingerprint density at radius 2 is 1.75 bits per heavy atom. The van der Waals surface area contributed by atoms with Crippen LogP contribution in [0.25, 0.3) is 16.5 Å². The van der Waals surface area contributed by atoms with Crippen molar-refractivity contribution in [1.82, 2.24) is 4.57 Å². The highest BCUT2D eigenvalue weighted by Gasteiger charge is 2.08. The number of hydrogen-bond donors (Lipinski definition) is 1. The van der Waals surface area contributed by atoms with E-state index in [1.165, 1.54) is 16.7 Å². The molecule has 1 aromatic heterocycles. The molecule has 0 aliphatic rings. The van der Waals surface area contributed by atoms with Crippen molar-refractivity contribution in [3.63, 3.8) is 0 Å². The molecule has 2 radical (unpaired) electrons. The molecule has 0 amide bonds. The van der Waals surface area contributed by atoms with Gasteiger partial charge in [0.15, 0.2) is 0 Å². The van der Waals surface area contributed by atoms with Crippen molar-refractivity contribution in [3.05, 3.63) is 64.6 Å². The first-order valence-electron chi connectivity index (χ1n) is 6.27. The fourth-order valence-corrected chi connectivity index (χ4v) is 2.25. The van der Waals surface area contributed by atoms with Gasteiger partial charge in [0, 0.05) is 17.3 Å². The van der Waals surface area contributed by atoms with Gasteiger partial charge in [0.25, 0.3) is 5.56 Å². The van der Waals surface area contributed by atoms with E-state index in [9.17, 15) is 9.90 Å². The quantitative estimate of drug-likeness (QED) is 0.679. The second-order valence-corrected chi connectivity index (χ2v) is 4.83. The van der Waals surface area contributed by atoms with E-state index in [-0.39, 0.29) is 11.3 Å². The maximum Gasteiger partial charge on any atom is 0.262 e. The Kier molecular flexibility index (Phi) is 2.86. The summed E-state index contributed by atoms with van der Waals surface area (Å²) in [6.07, 6.45) is 1.59. The zero-order valence-electron chi connectivity index (χ0n) is 11.0. The first-order chi connectivity index (χ1) is 9.56. The summed E-state index contributed by atoms with van der Waals surface area (Å²) < 4.78 is 1.52. The molecule has 0 unspecified atom stereocenters. The van der Waals surface area contributed by atoms with Gasteiger partial charge in [-0.2, -0.15) is 0 Å². The predicted octanol–water partition coefficient (Wildman–Crippen LogP) is 1.80. The van der Waals surface area contributed by atoms with Gasteiger partial charge in [-0.25, -0.2) is 0 Å². The maximum absolute atomic E-state index is 12.5. The van der Waals surface area contributed by atoms with Crippen LogP contribution in [0.15, 0.2) is 53.5 Å². The third kappa shape index (κ3) is 1.99. The number of aromatic hydroxyl groups is 1. The Morgan fingerprint density at radius 1 is 1.05 bits per heavy atom. The molecule has 0 fully saturated rings. The highest BCUT2D eigenvalue weighted by Crippen LogP contribution is 2.16. The van der Waals surface area contributed by atoms with E-state index >= 15 is 0 Å². The summed E-state index contributed by atoms with van der Waals surface area (Å²) in [4.78, 5) is 12.5. The fourth-order valence-electron chi connectivity index (χ4n) is 2.25. The van der Waals surface area contributed by atoms with Gasteiger partial charge in [-0.05, 0) is 42.6 Å². The summed E-state index contributed by atoms with van der Waals surface area (Å²) >= 11 is 0. The van der Waals surface area contributed by atoms with Crippen LogP contribution in [0.2, 0.25) is 0 Å². The lowest BCUT2D eigenvalue weighted by molar-refractivity contribution is 0.476. The minimum atomic E-state index is -0.155.